The van der Waals surface area contributed by atoms with Crippen molar-refractivity contribution >= 4 is 39.6 Å². The van der Waals surface area contributed by atoms with E-state index in [0.29, 0.717) is 40.6 Å². The molecule has 0 bridgehead atoms. The first-order chi connectivity index (χ1) is 17.0. The molecule has 3 rings (SSSR count). The summed E-state index contributed by atoms with van der Waals surface area (Å²) in [6.45, 7) is 4.91. The van der Waals surface area contributed by atoms with Crippen LogP contribution in [-0.2, 0) is 32.5 Å². The van der Waals surface area contributed by atoms with Gasteiger partial charge in [-0.05, 0) is 37.6 Å². The zero-order valence-electron chi connectivity index (χ0n) is 20.7. The third-order valence-electron chi connectivity index (χ3n) is 4.98. The highest BCUT2D eigenvalue weighted by atomic mass is 35.5. The number of ether oxygens (including phenoxy) is 1. The fourth-order valence-corrected chi connectivity index (χ4v) is 4.66. The molecule has 1 amide bonds. The standard InChI is InChI=1S/C25H30ClN5O4S/c1-18(2)35-12-11-31-16-20(15-27-31)22-10-9-21(14-24(22)36(33,34)28-17-30(3)4)29-25(32)13-19-7-5-6-8-23(19)26/h5-10,14-18H,11-13H2,1-4H3,(H,29,32). The molecule has 0 fully saturated rings. The van der Waals surface area contributed by atoms with Crippen LogP contribution in [0.5, 0.6) is 0 Å². The molecule has 0 spiro atoms. The number of nitrogens with one attached hydrogen (secondary N) is 1. The minimum atomic E-state index is -4.08. The van der Waals surface area contributed by atoms with Crippen molar-refractivity contribution < 1.29 is 17.9 Å². The van der Waals surface area contributed by atoms with Gasteiger partial charge in [-0.3, -0.25) is 9.48 Å². The van der Waals surface area contributed by atoms with Crippen LogP contribution in [0.25, 0.3) is 11.1 Å². The summed E-state index contributed by atoms with van der Waals surface area (Å²) < 4.78 is 37.4. The quantitative estimate of drug-likeness (QED) is 0.295. The Morgan fingerprint density at radius 1 is 1.25 bits per heavy atom. The van der Waals surface area contributed by atoms with Gasteiger partial charge in [-0.15, -0.1) is 4.40 Å². The average Bonchev–Trinajstić information content (AvgIpc) is 3.28. The Morgan fingerprint density at radius 3 is 2.69 bits per heavy atom. The van der Waals surface area contributed by atoms with Gasteiger partial charge in [-0.25, -0.2) is 0 Å². The van der Waals surface area contributed by atoms with Crippen LogP contribution in [0.15, 0.2) is 64.2 Å². The predicted molar refractivity (Wildman–Crippen MR) is 142 cm³/mol. The fourth-order valence-electron chi connectivity index (χ4n) is 3.29. The van der Waals surface area contributed by atoms with Gasteiger partial charge in [0.2, 0.25) is 5.91 Å². The maximum atomic E-state index is 13.2. The maximum absolute atomic E-state index is 13.2. The van der Waals surface area contributed by atoms with E-state index in [1.807, 2.05) is 13.8 Å². The lowest BCUT2D eigenvalue weighted by atomic mass is 10.1. The third-order valence-corrected chi connectivity index (χ3v) is 6.62. The molecule has 1 aromatic heterocycles. The highest BCUT2D eigenvalue weighted by molar-refractivity contribution is 7.90. The number of rotatable bonds is 11. The first kappa shape index (κ1) is 27.4. The second-order valence-corrected chi connectivity index (χ2v) is 10.6. The van der Waals surface area contributed by atoms with Gasteiger partial charge in [0.25, 0.3) is 10.0 Å². The smallest absolute Gasteiger partial charge is 0.284 e. The van der Waals surface area contributed by atoms with E-state index in [9.17, 15) is 13.2 Å². The summed E-state index contributed by atoms with van der Waals surface area (Å²) in [4.78, 5) is 14.1. The topological polar surface area (TPSA) is 106 Å². The summed E-state index contributed by atoms with van der Waals surface area (Å²) in [6.07, 6.45) is 4.72. The predicted octanol–water partition coefficient (Wildman–Crippen LogP) is 4.09. The van der Waals surface area contributed by atoms with Crippen LogP contribution in [0, 0.1) is 0 Å². The molecule has 1 heterocycles. The molecule has 9 nitrogen and oxygen atoms in total. The fraction of sp³-hybridized carbons (Fsp3) is 0.320. The summed E-state index contributed by atoms with van der Waals surface area (Å²) >= 11 is 6.16. The second-order valence-electron chi connectivity index (χ2n) is 8.60. The van der Waals surface area contributed by atoms with Crippen molar-refractivity contribution in [2.24, 2.45) is 4.40 Å². The van der Waals surface area contributed by atoms with Crippen LogP contribution >= 0.6 is 11.6 Å². The molecule has 2 aromatic carbocycles. The molecule has 36 heavy (non-hydrogen) atoms. The number of nitrogens with zero attached hydrogens (tertiary/aromatic N) is 4. The number of hydrogen-bond acceptors (Lipinski definition) is 5. The molecule has 0 saturated heterocycles. The van der Waals surface area contributed by atoms with E-state index in [1.54, 1.807) is 67.6 Å². The molecule has 0 atom stereocenters. The van der Waals surface area contributed by atoms with Gasteiger partial charge in [0.15, 0.2) is 0 Å². The van der Waals surface area contributed by atoms with Gasteiger partial charge in [-0.2, -0.15) is 13.5 Å². The average molecular weight is 532 g/mol. The Hall–Kier alpha value is -3.21. The lowest BCUT2D eigenvalue weighted by Crippen LogP contribution is -2.15. The molecule has 0 unspecified atom stereocenters. The highest BCUT2D eigenvalue weighted by Crippen LogP contribution is 2.31. The van der Waals surface area contributed by atoms with Gasteiger partial charge in [-0.1, -0.05) is 35.9 Å². The van der Waals surface area contributed by atoms with E-state index in [2.05, 4.69) is 14.8 Å². The van der Waals surface area contributed by atoms with Crippen molar-refractivity contribution in [3.63, 3.8) is 0 Å². The van der Waals surface area contributed by atoms with Crippen molar-refractivity contribution in [3.8, 4) is 11.1 Å². The van der Waals surface area contributed by atoms with Crippen LogP contribution in [0.3, 0.4) is 0 Å². The number of carbonyl (C=O) groups excluding carboxylic acids is 1. The summed E-state index contributed by atoms with van der Waals surface area (Å²) in [5, 5.41) is 7.57. The summed E-state index contributed by atoms with van der Waals surface area (Å²) in [5.74, 6) is -0.325. The van der Waals surface area contributed by atoms with E-state index in [0.717, 1.165) is 0 Å². The van der Waals surface area contributed by atoms with Gasteiger partial charge < -0.3 is 15.0 Å². The number of anilines is 1. The van der Waals surface area contributed by atoms with Crippen LogP contribution in [0.2, 0.25) is 5.02 Å². The molecule has 1 N–H and O–H groups in total. The number of sulfonamides is 1. The van der Waals surface area contributed by atoms with Gasteiger partial charge in [0, 0.05) is 42.1 Å². The number of aromatic nitrogens is 2. The van der Waals surface area contributed by atoms with Crippen molar-refractivity contribution in [3.05, 3.63) is 65.4 Å². The maximum Gasteiger partial charge on any atom is 0.284 e. The van der Waals surface area contributed by atoms with E-state index in [-0.39, 0.29) is 23.3 Å². The molecule has 0 aliphatic heterocycles. The number of carbonyl (C=O) groups is 1. The van der Waals surface area contributed by atoms with Crippen molar-refractivity contribution in [1.82, 2.24) is 14.7 Å². The van der Waals surface area contributed by atoms with Crippen molar-refractivity contribution in [2.45, 2.75) is 37.8 Å². The van der Waals surface area contributed by atoms with Crippen LogP contribution in [0.4, 0.5) is 5.69 Å². The minimum absolute atomic E-state index is 0.0471. The number of hydrogen-bond donors (Lipinski definition) is 1. The Labute approximate surface area is 216 Å². The van der Waals surface area contributed by atoms with Crippen LogP contribution in [-0.4, -0.2) is 62.2 Å². The lowest BCUT2D eigenvalue weighted by Gasteiger charge is -2.12. The largest absolute Gasteiger partial charge is 0.377 e. The molecular weight excluding hydrogens is 502 g/mol. The summed E-state index contributed by atoms with van der Waals surface area (Å²) in [6, 6.07) is 11.7. The highest BCUT2D eigenvalue weighted by Gasteiger charge is 2.21. The molecule has 0 aliphatic rings. The van der Waals surface area contributed by atoms with Gasteiger partial charge >= 0.3 is 0 Å². The van der Waals surface area contributed by atoms with E-state index in [4.69, 9.17) is 16.3 Å². The van der Waals surface area contributed by atoms with Crippen LogP contribution in [0.1, 0.15) is 19.4 Å². The molecule has 3 aromatic rings. The lowest BCUT2D eigenvalue weighted by molar-refractivity contribution is -0.115. The van der Waals surface area contributed by atoms with Gasteiger partial charge in [0.05, 0.1) is 36.8 Å². The summed E-state index contributed by atoms with van der Waals surface area (Å²) in [7, 11) is -0.733. The van der Waals surface area contributed by atoms with Crippen LogP contribution < -0.4 is 5.32 Å². The molecule has 0 radical (unpaired) electrons. The second kappa shape index (κ2) is 12.2. The molecule has 192 valence electrons. The Morgan fingerprint density at radius 2 is 2.00 bits per heavy atom. The Balaban J connectivity index is 1.91. The van der Waals surface area contributed by atoms with E-state index < -0.39 is 10.0 Å². The molecular formula is C25H30ClN5O4S. The normalized spacial score (nSPS) is 11.8. The Kier molecular flexibility index (Phi) is 9.25. The molecule has 0 aliphatic carbocycles. The monoisotopic (exact) mass is 531 g/mol. The first-order valence-corrected chi connectivity index (χ1v) is 13.2. The molecule has 11 heteroatoms. The van der Waals surface area contributed by atoms with E-state index in [1.165, 1.54) is 17.3 Å². The first-order valence-electron chi connectivity index (χ1n) is 11.3. The third kappa shape index (κ3) is 7.64. The summed E-state index contributed by atoms with van der Waals surface area (Å²) in [5.41, 5.74) is 2.02. The number of amides is 1. The van der Waals surface area contributed by atoms with Crippen molar-refractivity contribution in [2.75, 3.05) is 26.0 Å². The zero-order chi connectivity index (χ0) is 26.3. The Bertz CT molecular complexity index is 1340. The van der Waals surface area contributed by atoms with Gasteiger partial charge in [0.1, 0.15) is 6.34 Å². The number of benzene rings is 2. The number of halogens is 1. The molecule has 0 saturated carbocycles. The minimum Gasteiger partial charge on any atom is -0.377 e. The van der Waals surface area contributed by atoms with Crippen molar-refractivity contribution in [1.29, 1.82) is 0 Å². The van der Waals surface area contributed by atoms with E-state index >= 15 is 0 Å². The zero-order valence-corrected chi connectivity index (χ0v) is 22.3. The SMILES string of the molecule is CC(C)OCCn1cc(-c2ccc(NC(=O)Cc3ccccc3Cl)cc2S(=O)(=O)N=CN(C)C)cn1.